The molecule has 8 nitrogen and oxygen atoms in total. The SMILES string of the molecule is CCOC(=O)C1=C(CN2CCCN(C(=O)c3cccs3)CC2)N(C)C(=O)N[C@@H]1c1ccc(C(C)C)cc1. The first-order valence-electron chi connectivity index (χ1n) is 12.9. The van der Waals surface area contributed by atoms with Crippen molar-refractivity contribution < 1.29 is 19.1 Å². The largest absolute Gasteiger partial charge is 0.463 e. The molecule has 0 bridgehead atoms. The monoisotopic (exact) mass is 524 g/mol. The first kappa shape index (κ1) is 26.9. The molecule has 198 valence electrons. The van der Waals surface area contributed by atoms with Gasteiger partial charge in [0.15, 0.2) is 0 Å². The predicted molar refractivity (Wildman–Crippen MR) is 145 cm³/mol. The van der Waals surface area contributed by atoms with Crippen molar-refractivity contribution in [2.75, 3.05) is 46.4 Å². The Balaban J connectivity index is 1.61. The number of carbonyl (C=O) groups excluding carboxylic acids is 3. The number of carbonyl (C=O) groups is 3. The summed E-state index contributed by atoms with van der Waals surface area (Å²) in [7, 11) is 1.69. The van der Waals surface area contributed by atoms with Crippen LogP contribution >= 0.6 is 11.3 Å². The molecule has 2 aliphatic rings. The zero-order valence-corrected chi connectivity index (χ0v) is 22.8. The summed E-state index contributed by atoms with van der Waals surface area (Å²) >= 11 is 1.46. The molecule has 1 atom stereocenters. The molecule has 1 N–H and O–H groups in total. The second-order valence-corrected chi connectivity index (χ2v) is 10.7. The van der Waals surface area contributed by atoms with E-state index in [4.69, 9.17) is 4.74 Å². The Hall–Kier alpha value is -3.17. The average Bonchev–Trinajstić information content (AvgIpc) is 3.33. The summed E-state index contributed by atoms with van der Waals surface area (Å²) in [6.45, 7) is 9.39. The molecule has 0 aliphatic carbocycles. The van der Waals surface area contributed by atoms with Crippen LogP contribution in [0.4, 0.5) is 4.79 Å². The molecule has 9 heteroatoms. The fourth-order valence-electron chi connectivity index (χ4n) is 4.82. The van der Waals surface area contributed by atoms with Gasteiger partial charge in [0.1, 0.15) is 0 Å². The number of hydrogen-bond acceptors (Lipinski definition) is 6. The van der Waals surface area contributed by atoms with Crippen molar-refractivity contribution >= 4 is 29.2 Å². The third kappa shape index (κ3) is 6.05. The van der Waals surface area contributed by atoms with Crippen LogP contribution in [0.15, 0.2) is 53.0 Å². The third-order valence-corrected chi connectivity index (χ3v) is 7.85. The summed E-state index contributed by atoms with van der Waals surface area (Å²) in [5.74, 6) is 0.0139. The van der Waals surface area contributed by atoms with Gasteiger partial charge in [0, 0.05) is 45.5 Å². The lowest BCUT2D eigenvalue weighted by Crippen LogP contribution is -2.49. The van der Waals surface area contributed by atoms with Gasteiger partial charge in [0.25, 0.3) is 5.91 Å². The molecule has 2 aliphatic heterocycles. The first-order valence-corrected chi connectivity index (χ1v) is 13.8. The van der Waals surface area contributed by atoms with Crippen LogP contribution in [0.25, 0.3) is 0 Å². The van der Waals surface area contributed by atoms with Gasteiger partial charge in [-0.25, -0.2) is 9.59 Å². The summed E-state index contributed by atoms with van der Waals surface area (Å²) in [6.07, 6.45) is 0.815. The van der Waals surface area contributed by atoms with Crippen molar-refractivity contribution in [3.63, 3.8) is 0 Å². The maximum Gasteiger partial charge on any atom is 0.338 e. The fraction of sp³-hybridized carbons (Fsp3) is 0.464. The van der Waals surface area contributed by atoms with Gasteiger partial charge in [-0.1, -0.05) is 44.2 Å². The molecule has 0 saturated carbocycles. The Morgan fingerprint density at radius 3 is 2.51 bits per heavy atom. The minimum absolute atomic E-state index is 0.0577. The molecule has 37 heavy (non-hydrogen) atoms. The molecule has 3 heterocycles. The quantitative estimate of drug-likeness (QED) is 0.548. The minimum atomic E-state index is -0.595. The van der Waals surface area contributed by atoms with Crippen molar-refractivity contribution in [1.29, 1.82) is 0 Å². The van der Waals surface area contributed by atoms with Gasteiger partial charge in [0.2, 0.25) is 0 Å². The zero-order valence-electron chi connectivity index (χ0n) is 22.0. The van der Waals surface area contributed by atoms with Crippen LogP contribution < -0.4 is 5.32 Å². The number of nitrogens with zero attached hydrogens (tertiary/aromatic N) is 3. The molecular formula is C28H36N4O4S. The van der Waals surface area contributed by atoms with Crippen molar-refractivity contribution in [1.82, 2.24) is 20.0 Å². The average molecular weight is 525 g/mol. The lowest BCUT2D eigenvalue weighted by molar-refractivity contribution is -0.139. The molecule has 1 aromatic heterocycles. The molecule has 1 aromatic carbocycles. The molecule has 0 unspecified atom stereocenters. The van der Waals surface area contributed by atoms with Gasteiger partial charge in [-0.3, -0.25) is 14.6 Å². The summed E-state index contributed by atoms with van der Waals surface area (Å²) in [6, 6.07) is 10.9. The van der Waals surface area contributed by atoms with Gasteiger partial charge < -0.3 is 15.0 Å². The zero-order chi connectivity index (χ0) is 26.5. The van der Waals surface area contributed by atoms with E-state index < -0.39 is 12.0 Å². The lowest BCUT2D eigenvalue weighted by Gasteiger charge is -2.36. The number of rotatable bonds is 7. The molecule has 2 aromatic rings. The molecule has 0 radical (unpaired) electrons. The van der Waals surface area contributed by atoms with Crippen molar-refractivity contribution in [3.8, 4) is 0 Å². The van der Waals surface area contributed by atoms with E-state index in [-0.39, 0.29) is 18.5 Å². The summed E-state index contributed by atoms with van der Waals surface area (Å²) in [4.78, 5) is 45.5. The van der Waals surface area contributed by atoms with E-state index >= 15 is 0 Å². The highest BCUT2D eigenvalue weighted by molar-refractivity contribution is 7.12. The number of esters is 1. The van der Waals surface area contributed by atoms with E-state index in [1.807, 2.05) is 46.7 Å². The number of hydrogen-bond donors (Lipinski definition) is 1. The second kappa shape index (κ2) is 11.9. The number of thiophene rings is 1. The highest BCUT2D eigenvalue weighted by Crippen LogP contribution is 2.32. The number of benzene rings is 1. The molecule has 4 rings (SSSR count). The Bertz CT molecular complexity index is 1140. The molecule has 0 spiro atoms. The Kier molecular flexibility index (Phi) is 8.66. The van der Waals surface area contributed by atoms with E-state index in [1.165, 1.54) is 21.8 Å². The van der Waals surface area contributed by atoms with Crippen LogP contribution in [0.2, 0.25) is 0 Å². The van der Waals surface area contributed by atoms with Gasteiger partial charge in [-0.2, -0.15) is 0 Å². The topological polar surface area (TPSA) is 82.2 Å². The number of urea groups is 1. The van der Waals surface area contributed by atoms with Crippen molar-refractivity contribution in [2.45, 2.75) is 39.2 Å². The van der Waals surface area contributed by atoms with Crippen LogP contribution in [-0.2, 0) is 9.53 Å². The Morgan fingerprint density at radius 1 is 1.11 bits per heavy atom. The standard InChI is InChI=1S/C28H36N4O4S/c1-5-36-27(34)24-22(18-31-13-7-14-32(16-15-31)26(33)23-8-6-17-37-23)30(4)28(35)29-25(24)21-11-9-20(10-12-21)19(2)3/h6,8-12,17,19,25H,5,7,13-16,18H2,1-4H3,(H,29,35)/t25-/m1/s1. The van der Waals surface area contributed by atoms with Crippen LogP contribution in [0.1, 0.15) is 60.0 Å². The van der Waals surface area contributed by atoms with E-state index in [0.29, 0.717) is 43.4 Å². The van der Waals surface area contributed by atoms with Crippen LogP contribution in [-0.4, -0.2) is 79.0 Å². The van der Waals surface area contributed by atoms with Gasteiger partial charge in [-0.15, -0.1) is 11.3 Å². The molecule has 1 saturated heterocycles. The highest BCUT2D eigenvalue weighted by Gasteiger charge is 2.37. The number of likely N-dealkylation sites (N-methyl/N-ethyl adjacent to an activating group) is 1. The number of ether oxygens (including phenoxy) is 1. The van der Waals surface area contributed by atoms with Crippen LogP contribution in [0, 0.1) is 0 Å². The normalized spacial score (nSPS) is 19.2. The first-order chi connectivity index (χ1) is 17.8. The number of amides is 3. The maximum absolute atomic E-state index is 13.3. The second-order valence-electron chi connectivity index (χ2n) is 9.74. The Labute approximate surface area is 222 Å². The molecular weight excluding hydrogens is 488 g/mol. The Morgan fingerprint density at radius 2 is 1.86 bits per heavy atom. The van der Waals surface area contributed by atoms with Crippen molar-refractivity contribution in [3.05, 3.63) is 69.1 Å². The van der Waals surface area contributed by atoms with Gasteiger partial charge >= 0.3 is 12.0 Å². The number of nitrogens with one attached hydrogen (secondary N) is 1. The minimum Gasteiger partial charge on any atom is -0.463 e. The van der Waals surface area contributed by atoms with E-state index in [0.717, 1.165) is 23.4 Å². The van der Waals surface area contributed by atoms with E-state index in [9.17, 15) is 14.4 Å². The molecule has 3 amide bonds. The summed E-state index contributed by atoms with van der Waals surface area (Å²) in [5, 5.41) is 4.91. The van der Waals surface area contributed by atoms with Crippen molar-refractivity contribution in [2.24, 2.45) is 0 Å². The molecule has 1 fully saturated rings. The van der Waals surface area contributed by atoms with Gasteiger partial charge in [0.05, 0.1) is 23.1 Å². The summed E-state index contributed by atoms with van der Waals surface area (Å²) in [5.41, 5.74) is 3.13. The van der Waals surface area contributed by atoms with Gasteiger partial charge in [-0.05, 0) is 41.8 Å². The smallest absolute Gasteiger partial charge is 0.338 e. The lowest BCUT2D eigenvalue weighted by atomic mass is 9.92. The predicted octanol–water partition coefficient (Wildman–Crippen LogP) is 4.23. The van der Waals surface area contributed by atoms with E-state index in [1.54, 1.807) is 14.0 Å². The van der Waals surface area contributed by atoms with Crippen LogP contribution in [0.3, 0.4) is 0 Å². The third-order valence-electron chi connectivity index (χ3n) is 6.99. The van der Waals surface area contributed by atoms with Crippen LogP contribution in [0.5, 0.6) is 0 Å². The fourth-order valence-corrected chi connectivity index (χ4v) is 5.51. The maximum atomic E-state index is 13.3. The highest BCUT2D eigenvalue weighted by atomic mass is 32.1. The summed E-state index contributed by atoms with van der Waals surface area (Å²) < 4.78 is 5.47. The van der Waals surface area contributed by atoms with E-state index in [2.05, 4.69) is 24.1 Å².